The lowest BCUT2D eigenvalue weighted by molar-refractivity contribution is -0.142. The van der Waals surface area contributed by atoms with E-state index in [1.165, 1.54) is 31.9 Å². The molecule has 0 radical (unpaired) electrons. The molecule has 2 aromatic rings. The summed E-state index contributed by atoms with van der Waals surface area (Å²) in [6.45, 7) is 0. The van der Waals surface area contributed by atoms with E-state index in [9.17, 15) is 14.7 Å². The second-order valence-corrected chi connectivity index (χ2v) is 4.57. The second-order valence-electron chi connectivity index (χ2n) is 4.57. The molecule has 0 fully saturated rings. The molecule has 0 aromatic carbocycles. The number of aromatic nitrogens is 3. The van der Waals surface area contributed by atoms with Crippen molar-refractivity contribution in [1.29, 1.82) is 0 Å². The molecular weight excluding hydrogens is 300 g/mol. The van der Waals surface area contributed by atoms with Crippen LogP contribution >= 0.6 is 0 Å². The first-order chi connectivity index (χ1) is 11.0. The number of imidazole rings is 1. The van der Waals surface area contributed by atoms with Gasteiger partial charge in [-0.15, -0.1) is 6.42 Å². The van der Waals surface area contributed by atoms with Gasteiger partial charge >= 0.3 is 5.97 Å². The Bertz CT molecular complexity index is 749. The van der Waals surface area contributed by atoms with Gasteiger partial charge in [-0.1, -0.05) is 0 Å². The number of rotatable bonds is 5. The molecule has 0 aliphatic heterocycles. The van der Waals surface area contributed by atoms with Crippen LogP contribution in [0.1, 0.15) is 21.7 Å². The third-order valence-corrected chi connectivity index (χ3v) is 3.04. The number of methoxy groups -OCH3 is 1. The number of nitrogens with one attached hydrogen (secondary N) is 2. The fourth-order valence-electron chi connectivity index (χ4n) is 1.88. The van der Waals surface area contributed by atoms with E-state index in [0.29, 0.717) is 5.69 Å². The zero-order valence-corrected chi connectivity index (χ0v) is 12.2. The van der Waals surface area contributed by atoms with Crippen molar-refractivity contribution in [1.82, 2.24) is 20.3 Å². The zero-order chi connectivity index (χ0) is 16.8. The number of hydrogen-bond acceptors (Lipinski definition) is 6. The number of aromatic hydroxyl groups is 1. The predicted molar refractivity (Wildman–Crippen MR) is 79.4 cm³/mol. The minimum atomic E-state index is -0.914. The average Bonchev–Trinajstić information content (AvgIpc) is 3.06. The van der Waals surface area contributed by atoms with Crippen LogP contribution in [0.3, 0.4) is 0 Å². The van der Waals surface area contributed by atoms with Crippen molar-refractivity contribution < 1.29 is 19.4 Å². The molecule has 2 aromatic heterocycles. The maximum absolute atomic E-state index is 12.2. The van der Waals surface area contributed by atoms with Crippen LogP contribution in [0.2, 0.25) is 0 Å². The minimum Gasteiger partial charge on any atom is -0.505 e. The van der Waals surface area contributed by atoms with Crippen LogP contribution in [0.5, 0.6) is 5.75 Å². The van der Waals surface area contributed by atoms with Crippen molar-refractivity contribution in [2.24, 2.45) is 0 Å². The fourth-order valence-corrected chi connectivity index (χ4v) is 1.88. The number of ether oxygens (including phenoxy) is 1. The van der Waals surface area contributed by atoms with Crippen LogP contribution < -0.4 is 5.32 Å². The highest BCUT2D eigenvalue weighted by atomic mass is 16.5. The molecule has 23 heavy (non-hydrogen) atoms. The van der Waals surface area contributed by atoms with Crippen molar-refractivity contribution in [3.63, 3.8) is 0 Å². The van der Waals surface area contributed by atoms with Crippen molar-refractivity contribution >= 4 is 11.9 Å². The molecule has 1 atom stereocenters. The number of H-pyrrole nitrogens is 1. The van der Waals surface area contributed by atoms with Gasteiger partial charge < -0.3 is 20.1 Å². The second kappa shape index (κ2) is 7.09. The van der Waals surface area contributed by atoms with Crippen molar-refractivity contribution in [2.75, 3.05) is 7.11 Å². The Morgan fingerprint density at radius 1 is 1.52 bits per heavy atom. The number of amides is 1. The first-order valence-electron chi connectivity index (χ1n) is 6.56. The zero-order valence-electron chi connectivity index (χ0n) is 12.2. The van der Waals surface area contributed by atoms with Crippen LogP contribution in [0.15, 0.2) is 24.8 Å². The Morgan fingerprint density at radius 2 is 2.30 bits per heavy atom. The number of aromatic amines is 1. The highest BCUT2D eigenvalue weighted by Gasteiger charge is 2.23. The standard InChI is InChI=1S/C15H14N4O4/c1-3-11-13(20)4-9(6-17-11)14(21)19-12(15(22)23-2)5-10-7-16-8-18-10/h1,4,6-8,12,20H,5H2,2H3,(H,16,18)(H,19,21)/t12-/m1/s1. The van der Waals surface area contributed by atoms with Gasteiger partial charge in [0.05, 0.1) is 19.0 Å². The molecule has 0 saturated heterocycles. The normalized spacial score (nSPS) is 11.3. The van der Waals surface area contributed by atoms with Gasteiger partial charge in [0.15, 0.2) is 11.4 Å². The van der Waals surface area contributed by atoms with E-state index in [4.69, 9.17) is 6.42 Å². The molecular formula is C15H14N4O4. The molecule has 0 spiro atoms. The highest BCUT2D eigenvalue weighted by molar-refractivity contribution is 5.97. The summed E-state index contributed by atoms with van der Waals surface area (Å²) in [4.78, 5) is 34.5. The van der Waals surface area contributed by atoms with Gasteiger partial charge in [0.1, 0.15) is 6.04 Å². The van der Waals surface area contributed by atoms with Gasteiger partial charge in [-0.25, -0.2) is 14.8 Å². The number of carbonyl (C=O) groups excluding carboxylic acids is 2. The summed E-state index contributed by atoms with van der Waals surface area (Å²) in [5.41, 5.74) is 0.757. The number of hydrogen-bond donors (Lipinski definition) is 3. The highest BCUT2D eigenvalue weighted by Crippen LogP contribution is 2.15. The predicted octanol–water partition coefficient (Wildman–Crippen LogP) is 0.00570. The molecule has 0 unspecified atom stereocenters. The largest absolute Gasteiger partial charge is 0.505 e. The monoisotopic (exact) mass is 314 g/mol. The van der Waals surface area contributed by atoms with Crippen LogP contribution in [-0.4, -0.2) is 45.1 Å². The lowest BCUT2D eigenvalue weighted by Gasteiger charge is -2.15. The maximum atomic E-state index is 12.2. The van der Waals surface area contributed by atoms with E-state index in [1.807, 2.05) is 0 Å². The summed E-state index contributed by atoms with van der Waals surface area (Å²) in [6, 6.07) is 0.268. The quantitative estimate of drug-likeness (QED) is 0.528. The Hall–Kier alpha value is -3.34. The third kappa shape index (κ3) is 3.85. The van der Waals surface area contributed by atoms with Crippen molar-refractivity contribution in [2.45, 2.75) is 12.5 Å². The van der Waals surface area contributed by atoms with Crippen LogP contribution in [0.25, 0.3) is 0 Å². The van der Waals surface area contributed by atoms with E-state index < -0.39 is 17.9 Å². The number of esters is 1. The molecule has 0 aliphatic rings. The lowest BCUT2D eigenvalue weighted by atomic mass is 10.1. The topological polar surface area (TPSA) is 117 Å². The Balaban J connectivity index is 2.15. The van der Waals surface area contributed by atoms with Crippen molar-refractivity contribution in [3.05, 3.63) is 41.7 Å². The number of nitrogens with zero attached hydrogens (tertiary/aromatic N) is 2. The Kier molecular flexibility index (Phi) is 4.94. The van der Waals surface area contributed by atoms with Gasteiger partial charge in [0.25, 0.3) is 5.91 Å². The van der Waals surface area contributed by atoms with Gasteiger partial charge in [0.2, 0.25) is 0 Å². The number of carbonyl (C=O) groups is 2. The Labute approximate surface area is 131 Å². The SMILES string of the molecule is C#Cc1ncc(C(=O)N[C@H](Cc2cnc[nH]2)C(=O)OC)cc1O. The molecule has 8 heteroatoms. The molecule has 118 valence electrons. The molecule has 1 amide bonds. The summed E-state index contributed by atoms with van der Waals surface area (Å²) in [7, 11) is 1.23. The first-order valence-corrected chi connectivity index (χ1v) is 6.56. The van der Waals surface area contributed by atoms with Crippen LogP contribution in [-0.2, 0) is 16.0 Å². The molecule has 3 N–H and O–H groups in total. The van der Waals surface area contributed by atoms with E-state index in [0.717, 1.165) is 0 Å². The van der Waals surface area contributed by atoms with Gasteiger partial charge in [-0.05, 0) is 12.0 Å². The first kappa shape index (κ1) is 16.0. The lowest BCUT2D eigenvalue weighted by Crippen LogP contribution is -2.43. The smallest absolute Gasteiger partial charge is 0.328 e. The molecule has 8 nitrogen and oxygen atoms in total. The van der Waals surface area contributed by atoms with Gasteiger partial charge in [-0.3, -0.25) is 4.79 Å². The molecule has 2 rings (SSSR count). The Morgan fingerprint density at radius 3 is 2.87 bits per heavy atom. The minimum absolute atomic E-state index is 0.0310. The van der Waals surface area contributed by atoms with E-state index >= 15 is 0 Å². The number of terminal acetylenes is 1. The average molecular weight is 314 g/mol. The molecule has 0 saturated carbocycles. The molecule has 0 aliphatic carbocycles. The van der Waals surface area contributed by atoms with Gasteiger partial charge in [0, 0.05) is 24.5 Å². The summed E-state index contributed by atoms with van der Waals surface area (Å²) in [6.07, 6.45) is 9.55. The van der Waals surface area contributed by atoms with E-state index in [1.54, 1.807) is 0 Å². The summed E-state index contributed by atoms with van der Waals surface area (Å²) >= 11 is 0. The molecule has 0 bridgehead atoms. The summed E-state index contributed by atoms with van der Waals surface area (Å²) < 4.78 is 4.68. The van der Waals surface area contributed by atoms with E-state index in [2.05, 4.69) is 30.9 Å². The maximum Gasteiger partial charge on any atom is 0.328 e. The van der Waals surface area contributed by atoms with Crippen LogP contribution in [0.4, 0.5) is 0 Å². The van der Waals surface area contributed by atoms with E-state index in [-0.39, 0.29) is 23.4 Å². The van der Waals surface area contributed by atoms with Crippen LogP contribution in [0, 0.1) is 12.3 Å². The fraction of sp³-hybridized carbons (Fsp3) is 0.200. The number of pyridine rings is 1. The summed E-state index contributed by atoms with van der Waals surface area (Å²) in [5.74, 6) is 0.695. The molecule has 2 heterocycles. The summed E-state index contributed by atoms with van der Waals surface area (Å²) in [5, 5.41) is 12.2. The third-order valence-electron chi connectivity index (χ3n) is 3.04. The van der Waals surface area contributed by atoms with Crippen molar-refractivity contribution in [3.8, 4) is 18.1 Å². The van der Waals surface area contributed by atoms with Gasteiger partial charge in [-0.2, -0.15) is 0 Å².